The Balaban J connectivity index is 1.98. The zero-order valence-corrected chi connectivity index (χ0v) is 14.3. The normalized spacial score (nSPS) is 14.1. The summed E-state index contributed by atoms with van der Waals surface area (Å²) < 4.78 is 32.6. The molecule has 5 nitrogen and oxygen atoms in total. The van der Waals surface area contributed by atoms with Crippen LogP contribution in [-0.2, 0) is 10.0 Å². The van der Waals surface area contributed by atoms with Crippen LogP contribution in [0.4, 0.5) is 11.4 Å². The molecule has 2 aromatic rings. The Morgan fingerprint density at radius 3 is 2.52 bits per heavy atom. The summed E-state index contributed by atoms with van der Waals surface area (Å²) in [7, 11) is -0.0929. The molecule has 0 aliphatic carbocycles. The fourth-order valence-corrected chi connectivity index (χ4v) is 3.76. The topological polar surface area (TPSA) is 49.9 Å². The summed E-state index contributed by atoms with van der Waals surface area (Å²) in [5.74, 6) is 0.608. The van der Waals surface area contributed by atoms with E-state index < -0.39 is 10.0 Å². The second kappa shape index (κ2) is 5.77. The Morgan fingerprint density at radius 1 is 1.13 bits per heavy atom. The van der Waals surface area contributed by atoms with Gasteiger partial charge in [0.05, 0.1) is 22.8 Å². The Hall–Kier alpha value is -2.21. The second-order valence-corrected chi connectivity index (χ2v) is 7.68. The van der Waals surface area contributed by atoms with Gasteiger partial charge in [-0.1, -0.05) is 17.7 Å². The first-order valence-corrected chi connectivity index (χ1v) is 8.87. The molecular weight excluding hydrogens is 312 g/mol. The third kappa shape index (κ3) is 2.86. The number of likely N-dealkylation sites (N-methyl/N-ethyl adjacent to an activating group) is 1. The molecule has 0 atom stereocenters. The van der Waals surface area contributed by atoms with Crippen molar-refractivity contribution >= 4 is 21.4 Å². The molecule has 122 valence electrons. The van der Waals surface area contributed by atoms with Crippen molar-refractivity contribution in [2.75, 3.05) is 36.5 Å². The molecule has 0 aromatic heterocycles. The van der Waals surface area contributed by atoms with Crippen molar-refractivity contribution in [3.63, 3.8) is 0 Å². The van der Waals surface area contributed by atoms with Gasteiger partial charge in [-0.2, -0.15) is 0 Å². The summed E-state index contributed by atoms with van der Waals surface area (Å²) in [5, 5.41) is 0. The molecule has 0 amide bonds. The highest BCUT2D eigenvalue weighted by atomic mass is 32.2. The molecule has 1 heterocycles. The van der Waals surface area contributed by atoms with Crippen molar-refractivity contribution in [2.24, 2.45) is 0 Å². The molecule has 0 saturated heterocycles. The van der Waals surface area contributed by atoms with E-state index in [0.29, 0.717) is 18.0 Å². The van der Waals surface area contributed by atoms with Crippen molar-refractivity contribution < 1.29 is 13.2 Å². The molecular formula is C17H20N2O3S. The van der Waals surface area contributed by atoms with E-state index in [1.807, 2.05) is 26.1 Å². The third-order valence-electron chi connectivity index (χ3n) is 4.08. The van der Waals surface area contributed by atoms with Crippen LogP contribution in [0.15, 0.2) is 47.4 Å². The van der Waals surface area contributed by atoms with Gasteiger partial charge >= 0.3 is 0 Å². The maximum Gasteiger partial charge on any atom is 0.264 e. The first-order chi connectivity index (χ1) is 10.9. The highest BCUT2D eigenvalue weighted by Crippen LogP contribution is 2.34. The van der Waals surface area contributed by atoms with Crippen LogP contribution in [0.5, 0.6) is 5.75 Å². The predicted octanol–water partition coefficient (Wildman–Crippen LogP) is 2.65. The van der Waals surface area contributed by atoms with Crippen LogP contribution < -0.4 is 13.9 Å². The molecule has 1 aliphatic rings. The van der Waals surface area contributed by atoms with E-state index in [4.69, 9.17) is 4.74 Å². The van der Waals surface area contributed by atoms with Gasteiger partial charge in [0.2, 0.25) is 0 Å². The monoisotopic (exact) mass is 332 g/mol. The van der Waals surface area contributed by atoms with Crippen molar-refractivity contribution in [1.29, 1.82) is 0 Å². The number of benzene rings is 2. The summed E-state index contributed by atoms with van der Waals surface area (Å²) in [6, 6.07) is 12.4. The number of hydrogen-bond donors (Lipinski definition) is 0. The Bertz CT molecular complexity index is 816. The van der Waals surface area contributed by atoms with Crippen LogP contribution in [0.3, 0.4) is 0 Å². The highest BCUT2D eigenvalue weighted by Gasteiger charge is 2.24. The summed E-state index contributed by atoms with van der Waals surface area (Å²) >= 11 is 0. The number of ether oxygens (including phenoxy) is 1. The summed E-state index contributed by atoms with van der Waals surface area (Å²) in [4.78, 5) is 2.29. The van der Waals surface area contributed by atoms with Gasteiger partial charge in [-0.25, -0.2) is 8.42 Å². The smallest absolute Gasteiger partial charge is 0.264 e. The van der Waals surface area contributed by atoms with E-state index >= 15 is 0 Å². The van der Waals surface area contributed by atoms with Crippen LogP contribution >= 0.6 is 0 Å². The lowest BCUT2D eigenvalue weighted by molar-refractivity contribution is 0.310. The third-order valence-corrected chi connectivity index (χ3v) is 5.86. The van der Waals surface area contributed by atoms with E-state index in [9.17, 15) is 8.42 Å². The van der Waals surface area contributed by atoms with Gasteiger partial charge in [0.25, 0.3) is 10.0 Å². The minimum absolute atomic E-state index is 0.231. The largest absolute Gasteiger partial charge is 0.490 e. The summed E-state index contributed by atoms with van der Waals surface area (Å²) in [6.07, 6.45) is 0. The van der Waals surface area contributed by atoms with Gasteiger partial charge < -0.3 is 9.64 Å². The van der Waals surface area contributed by atoms with Gasteiger partial charge in [0.1, 0.15) is 12.4 Å². The predicted molar refractivity (Wildman–Crippen MR) is 92.0 cm³/mol. The molecule has 0 N–H and O–H groups in total. The van der Waals surface area contributed by atoms with Crippen LogP contribution in [0.1, 0.15) is 5.56 Å². The Kier molecular flexibility index (Phi) is 3.93. The van der Waals surface area contributed by atoms with Gasteiger partial charge in [-0.3, -0.25) is 4.31 Å². The summed E-state index contributed by atoms with van der Waals surface area (Å²) in [5.41, 5.74) is 2.63. The zero-order chi connectivity index (χ0) is 16.6. The van der Waals surface area contributed by atoms with E-state index in [1.54, 1.807) is 37.4 Å². The van der Waals surface area contributed by atoms with Crippen LogP contribution in [-0.4, -0.2) is 35.7 Å². The standard InChI is InChI=1S/C17H20N2O3S/c1-13-4-6-14(7-5-13)19(3)23(20,21)15-8-9-16-17(12-15)22-11-10-18(16)2/h4-9,12H,10-11H2,1-3H3. The fourth-order valence-electron chi connectivity index (χ4n) is 2.55. The molecule has 0 bridgehead atoms. The minimum Gasteiger partial charge on any atom is -0.490 e. The average molecular weight is 332 g/mol. The van der Waals surface area contributed by atoms with Crippen molar-refractivity contribution in [3.8, 4) is 5.75 Å². The van der Waals surface area contributed by atoms with E-state index in [1.165, 1.54) is 4.31 Å². The van der Waals surface area contributed by atoms with Crippen molar-refractivity contribution in [1.82, 2.24) is 0 Å². The van der Waals surface area contributed by atoms with Gasteiger partial charge in [0.15, 0.2) is 0 Å². The number of anilines is 2. The van der Waals surface area contributed by atoms with Crippen LogP contribution in [0.25, 0.3) is 0 Å². The first kappa shape index (κ1) is 15.7. The lowest BCUT2D eigenvalue weighted by atomic mass is 10.2. The molecule has 0 spiro atoms. The van der Waals surface area contributed by atoms with Gasteiger partial charge in [-0.15, -0.1) is 0 Å². The lowest BCUT2D eigenvalue weighted by Crippen LogP contribution is -2.30. The first-order valence-electron chi connectivity index (χ1n) is 7.43. The Morgan fingerprint density at radius 2 is 1.83 bits per heavy atom. The zero-order valence-electron chi connectivity index (χ0n) is 13.5. The Labute approximate surface area is 137 Å². The maximum absolute atomic E-state index is 12.8. The van der Waals surface area contributed by atoms with Gasteiger partial charge in [0, 0.05) is 20.2 Å². The minimum atomic E-state index is -3.62. The lowest BCUT2D eigenvalue weighted by Gasteiger charge is -2.28. The fraction of sp³-hybridized carbons (Fsp3) is 0.294. The molecule has 0 radical (unpaired) electrons. The SMILES string of the molecule is Cc1ccc(N(C)S(=O)(=O)c2ccc3c(c2)OCCN3C)cc1. The number of hydrogen-bond acceptors (Lipinski definition) is 4. The van der Waals surface area contributed by atoms with Crippen molar-refractivity contribution in [3.05, 3.63) is 48.0 Å². The number of aryl methyl sites for hydroxylation is 1. The number of nitrogens with zero attached hydrogens (tertiary/aromatic N) is 2. The molecule has 23 heavy (non-hydrogen) atoms. The van der Waals surface area contributed by atoms with Crippen LogP contribution in [0, 0.1) is 6.92 Å². The quantitative estimate of drug-likeness (QED) is 0.867. The number of sulfonamides is 1. The van der Waals surface area contributed by atoms with E-state index in [0.717, 1.165) is 17.8 Å². The maximum atomic E-state index is 12.8. The van der Waals surface area contributed by atoms with E-state index in [2.05, 4.69) is 4.90 Å². The average Bonchev–Trinajstić information content (AvgIpc) is 2.55. The molecule has 0 fully saturated rings. The summed E-state index contributed by atoms with van der Waals surface area (Å²) in [6.45, 7) is 3.32. The molecule has 0 saturated carbocycles. The van der Waals surface area contributed by atoms with Crippen molar-refractivity contribution in [2.45, 2.75) is 11.8 Å². The molecule has 3 rings (SSSR count). The molecule has 2 aromatic carbocycles. The molecule has 1 aliphatic heterocycles. The van der Waals surface area contributed by atoms with E-state index in [-0.39, 0.29) is 4.90 Å². The number of fused-ring (bicyclic) bond motifs is 1. The highest BCUT2D eigenvalue weighted by molar-refractivity contribution is 7.92. The van der Waals surface area contributed by atoms with Gasteiger partial charge in [-0.05, 0) is 31.2 Å². The molecule has 0 unspecified atom stereocenters. The molecule has 6 heteroatoms. The number of rotatable bonds is 3. The van der Waals surface area contributed by atoms with Crippen LogP contribution in [0.2, 0.25) is 0 Å². The second-order valence-electron chi connectivity index (χ2n) is 5.71.